The van der Waals surface area contributed by atoms with Gasteiger partial charge in [0.2, 0.25) is 5.91 Å². The Hall–Kier alpha value is -1.94. The molecule has 2 rings (SSSR count). The van der Waals surface area contributed by atoms with Crippen LogP contribution in [-0.2, 0) is 4.79 Å². The van der Waals surface area contributed by atoms with Crippen LogP contribution in [0.15, 0.2) is 53.4 Å². The van der Waals surface area contributed by atoms with Crippen molar-refractivity contribution < 1.29 is 9.53 Å². The van der Waals surface area contributed by atoms with Crippen LogP contribution in [0.3, 0.4) is 0 Å². The molecule has 0 aliphatic heterocycles. The molecule has 0 spiro atoms. The van der Waals surface area contributed by atoms with E-state index in [1.807, 2.05) is 31.2 Å². The van der Waals surface area contributed by atoms with E-state index in [1.54, 1.807) is 18.9 Å². The third-order valence-corrected chi connectivity index (χ3v) is 4.62. The molecule has 0 bridgehead atoms. The van der Waals surface area contributed by atoms with Gasteiger partial charge in [0.25, 0.3) is 0 Å². The molecule has 3 nitrogen and oxygen atoms in total. The summed E-state index contributed by atoms with van der Waals surface area (Å²) in [6.07, 6.45) is 0.498. The molecule has 0 heterocycles. The third-order valence-electron chi connectivity index (χ3n) is 3.60. The summed E-state index contributed by atoms with van der Waals surface area (Å²) < 4.78 is 5.34. The summed E-state index contributed by atoms with van der Waals surface area (Å²) in [7, 11) is 1.64. The molecule has 0 unspecified atom stereocenters. The molecule has 0 aliphatic rings. The lowest BCUT2D eigenvalue weighted by Crippen LogP contribution is -2.27. The zero-order valence-corrected chi connectivity index (χ0v) is 14.7. The summed E-state index contributed by atoms with van der Waals surface area (Å²) in [5.74, 6) is 1.63. The molecule has 0 radical (unpaired) electrons. The standard InChI is InChI=1S/C19H23NO2S/c1-14-8-10-16(11-9-14)23-13-12-19(21)20-15(2)17-6-4-5-7-18(17)22-3/h4-11,15H,12-13H2,1-3H3,(H,20,21)/t15-/m0/s1. The summed E-state index contributed by atoms with van der Waals surface area (Å²) in [5, 5.41) is 3.03. The number of amides is 1. The number of carbonyl (C=O) groups is 1. The van der Waals surface area contributed by atoms with Crippen LogP contribution in [0.25, 0.3) is 0 Å². The minimum atomic E-state index is -0.0666. The topological polar surface area (TPSA) is 38.3 Å². The molecule has 0 saturated heterocycles. The summed E-state index contributed by atoms with van der Waals surface area (Å²) in [6, 6.07) is 16.1. The predicted molar refractivity (Wildman–Crippen MR) is 96.1 cm³/mol. The Morgan fingerprint density at radius 2 is 1.87 bits per heavy atom. The molecule has 0 aromatic heterocycles. The van der Waals surface area contributed by atoms with E-state index in [9.17, 15) is 4.79 Å². The first-order valence-corrected chi connectivity index (χ1v) is 8.70. The average Bonchev–Trinajstić information content (AvgIpc) is 2.56. The fraction of sp³-hybridized carbons (Fsp3) is 0.316. The molecule has 1 N–H and O–H groups in total. The van der Waals surface area contributed by atoms with E-state index in [0.29, 0.717) is 6.42 Å². The highest BCUT2D eigenvalue weighted by molar-refractivity contribution is 7.99. The van der Waals surface area contributed by atoms with Crippen LogP contribution in [0.5, 0.6) is 5.75 Å². The number of benzene rings is 2. The van der Waals surface area contributed by atoms with Crippen LogP contribution in [0.1, 0.15) is 30.5 Å². The second-order valence-corrected chi connectivity index (χ2v) is 6.61. The van der Waals surface area contributed by atoms with Crippen molar-refractivity contribution in [2.45, 2.75) is 31.2 Å². The summed E-state index contributed by atoms with van der Waals surface area (Å²) >= 11 is 1.70. The van der Waals surface area contributed by atoms with Crippen molar-refractivity contribution in [1.29, 1.82) is 0 Å². The van der Waals surface area contributed by atoms with Gasteiger partial charge in [-0.25, -0.2) is 0 Å². The Balaban J connectivity index is 1.81. The second kappa shape index (κ2) is 8.63. The van der Waals surface area contributed by atoms with Gasteiger partial charge < -0.3 is 10.1 Å². The number of nitrogens with one attached hydrogen (secondary N) is 1. The lowest BCUT2D eigenvalue weighted by molar-refractivity contribution is -0.121. The van der Waals surface area contributed by atoms with E-state index in [0.717, 1.165) is 17.1 Å². The summed E-state index contributed by atoms with van der Waals surface area (Å²) in [4.78, 5) is 13.3. The van der Waals surface area contributed by atoms with E-state index < -0.39 is 0 Å². The van der Waals surface area contributed by atoms with Crippen LogP contribution in [0.2, 0.25) is 0 Å². The average molecular weight is 329 g/mol. The van der Waals surface area contributed by atoms with Gasteiger partial charge in [-0.1, -0.05) is 35.9 Å². The zero-order valence-electron chi connectivity index (χ0n) is 13.8. The van der Waals surface area contributed by atoms with Crippen molar-refractivity contribution in [3.8, 4) is 5.75 Å². The van der Waals surface area contributed by atoms with Gasteiger partial charge in [-0.15, -0.1) is 11.8 Å². The van der Waals surface area contributed by atoms with Crippen LogP contribution in [-0.4, -0.2) is 18.8 Å². The minimum Gasteiger partial charge on any atom is -0.496 e. The van der Waals surface area contributed by atoms with Gasteiger partial charge in [0.15, 0.2) is 0 Å². The Morgan fingerprint density at radius 3 is 2.57 bits per heavy atom. The number of thioether (sulfide) groups is 1. The monoisotopic (exact) mass is 329 g/mol. The molecule has 1 amide bonds. The highest BCUT2D eigenvalue weighted by Crippen LogP contribution is 2.24. The molecule has 2 aromatic carbocycles. The number of carbonyl (C=O) groups excluding carboxylic acids is 1. The number of methoxy groups -OCH3 is 1. The smallest absolute Gasteiger partial charge is 0.221 e. The number of ether oxygens (including phenoxy) is 1. The SMILES string of the molecule is COc1ccccc1[C@H](C)NC(=O)CCSc1ccc(C)cc1. The first kappa shape index (κ1) is 17.4. The van der Waals surface area contributed by atoms with Gasteiger partial charge in [-0.2, -0.15) is 0 Å². The van der Waals surface area contributed by atoms with Crippen LogP contribution < -0.4 is 10.1 Å². The van der Waals surface area contributed by atoms with Gasteiger partial charge in [0.05, 0.1) is 13.2 Å². The van der Waals surface area contributed by atoms with E-state index in [1.165, 1.54) is 10.5 Å². The maximum Gasteiger partial charge on any atom is 0.221 e. The minimum absolute atomic E-state index is 0.0583. The highest BCUT2D eigenvalue weighted by Gasteiger charge is 2.13. The van der Waals surface area contributed by atoms with E-state index in [4.69, 9.17) is 4.74 Å². The number of hydrogen-bond acceptors (Lipinski definition) is 3. The summed E-state index contributed by atoms with van der Waals surface area (Å²) in [5.41, 5.74) is 2.24. The van der Waals surface area contributed by atoms with E-state index in [-0.39, 0.29) is 11.9 Å². The Kier molecular flexibility index (Phi) is 6.53. The Bertz CT molecular complexity index is 640. The molecule has 4 heteroatoms. The van der Waals surface area contributed by atoms with Crippen molar-refractivity contribution in [2.24, 2.45) is 0 Å². The number of para-hydroxylation sites is 1. The molecule has 122 valence electrons. The molecule has 0 fully saturated rings. The molecule has 23 heavy (non-hydrogen) atoms. The van der Waals surface area contributed by atoms with Crippen molar-refractivity contribution in [1.82, 2.24) is 5.32 Å². The van der Waals surface area contributed by atoms with Crippen molar-refractivity contribution >= 4 is 17.7 Å². The normalized spacial score (nSPS) is 11.8. The maximum absolute atomic E-state index is 12.1. The van der Waals surface area contributed by atoms with E-state index >= 15 is 0 Å². The first-order valence-electron chi connectivity index (χ1n) is 7.72. The van der Waals surface area contributed by atoms with Gasteiger partial charge in [0.1, 0.15) is 5.75 Å². The first-order chi connectivity index (χ1) is 11.1. The molecular formula is C19H23NO2S. The lowest BCUT2D eigenvalue weighted by atomic mass is 10.1. The quantitative estimate of drug-likeness (QED) is 0.767. The fourth-order valence-corrected chi connectivity index (χ4v) is 3.16. The van der Waals surface area contributed by atoms with E-state index in [2.05, 4.69) is 36.5 Å². The molecule has 1 atom stereocenters. The maximum atomic E-state index is 12.1. The third kappa shape index (κ3) is 5.32. The van der Waals surface area contributed by atoms with Gasteiger partial charge in [-0.05, 0) is 32.0 Å². The van der Waals surface area contributed by atoms with Crippen LogP contribution >= 0.6 is 11.8 Å². The van der Waals surface area contributed by atoms with Crippen molar-refractivity contribution in [3.05, 3.63) is 59.7 Å². The molecule has 0 aliphatic carbocycles. The molecule has 2 aromatic rings. The second-order valence-electron chi connectivity index (χ2n) is 5.44. The van der Waals surface area contributed by atoms with Crippen molar-refractivity contribution in [2.75, 3.05) is 12.9 Å². The molecular weight excluding hydrogens is 306 g/mol. The fourth-order valence-electron chi connectivity index (χ4n) is 2.31. The van der Waals surface area contributed by atoms with Crippen LogP contribution in [0, 0.1) is 6.92 Å². The van der Waals surface area contributed by atoms with Crippen LogP contribution in [0.4, 0.5) is 0 Å². The van der Waals surface area contributed by atoms with Gasteiger partial charge in [-0.3, -0.25) is 4.79 Å². The Morgan fingerprint density at radius 1 is 1.17 bits per heavy atom. The zero-order chi connectivity index (χ0) is 16.7. The Labute approximate surface area is 142 Å². The molecule has 0 saturated carbocycles. The van der Waals surface area contributed by atoms with Crippen molar-refractivity contribution in [3.63, 3.8) is 0 Å². The highest BCUT2D eigenvalue weighted by atomic mass is 32.2. The van der Waals surface area contributed by atoms with Gasteiger partial charge >= 0.3 is 0 Å². The number of aryl methyl sites for hydroxylation is 1. The largest absolute Gasteiger partial charge is 0.496 e. The number of rotatable bonds is 7. The lowest BCUT2D eigenvalue weighted by Gasteiger charge is -2.17. The summed E-state index contributed by atoms with van der Waals surface area (Å²) in [6.45, 7) is 4.05. The predicted octanol–water partition coefficient (Wildman–Crippen LogP) is 4.36. The van der Waals surface area contributed by atoms with Gasteiger partial charge in [0, 0.05) is 22.6 Å². The number of hydrogen-bond donors (Lipinski definition) is 1.